The Labute approximate surface area is 72.3 Å². The van der Waals surface area contributed by atoms with Gasteiger partial charge in [-0.3, -0.25) is 0 Å². The van der Waals surface area contributed by atoms with Gasteiger partial charge in [0, 0.05) is 6.54 Å². The lowest BCUT2D eigenvalue weighted by Crippen LogP contribution is -2.29. The molecule has 0 amide bonds. The number of ether oxygens (including phenoxy) is 1. The minimum Gasteiger partial charge on any atom is -0.318 e. The van der Waals surface area contributed by atoms with E-state index < -0.39 is 6.61 Å². The zero-order valence-electron chi connectivity index (χ0n) is 7.81. The van der Waals surface area contributed by atoms with Crippen LogP contribution in [-0.4, -0.2) is 26.3 Å². The Kier molecular flexibility index (Phi) is 6.20. The summed E-state index contributed by atoms with van der Waals surface area (Å²) in [6.07, 6.45) is 0.278. The first-order valence-corrected chi connectivity index (χ1v) is 4.14. The first-order valence-electron chi connectivity index (χ1n) is 4.14. The number of halogens is 2. The predicted octanol–water partition coefficient (Wildman–Crippen LogP) is 1.86. The van der Waals surface area contributed by atoms with Gasteiger partial charge in [-0.05, 0) is 19.4 Å². The standard InChI is InChI=1S/C8H17F2NO/c1-6(2)4-7(5-11-3)12-8(9)10/h6-8,11H,4-5H2,1-3H3. The van der Waals surface area contributed by atoms with E-state index >= 15 is 0 Å². The van der Waals surface area contributed by atoms with Crippen molar-refractivity contribution in [3.05, 3.63) is 0 Å². The Bertz CT molecular complexity index is 99.2. The Morgan fingerprint density at radius 3 is 2.25 bits per heavy atom. The van der Waals surface area contributed by atoms with Gasteiger partial charge in [0.25, 0.3) is 0 Å². The third-order valence-corrected chi connectivity index (χ3v) is 1.46. The first-order chi connectivity index (χ1) is 5.56. The molecule has 0 aliphatic heterocycles. The summed E-state index contributed by atoms with van der Waals surface area (Å²) >= 11 is 0. The molecule has 0 fully saturated rings. The fourth-order valence-corrected chi connectivity index (χ4v) is 1.09. The summed E-state index contributed by atoms with van der Waals surface area (Å²) in [5, 5.41) is 2.82. The van der Waals surface area contributed by atoms with Crippen LogP contribution in [0.3, 0.4) is 0 Å². The third-order valence-electron chi connectivity index (χ3n) is 1.46. The summed E-state index contributed by atoms with van der Waals surface area (Å²) in [5.41, 5.74) is 0. The highest BCUT2D eigenvalue weighted by Crippen LogP contribution is 2.10. The van der Waals surface area contributed by atoms with Gasteiger partial charge < -0.3 is 10.1 Å². The number of nitrogens with one attached hydrogen (secondary N) is 1. The van der Waals surface area contributed by atoms with Crippen molar-refractivity contribution >= 4 is 0 Å². The summed E-state index contributed by atoms with van der Waals surface area (Å²) < 4.78 is 28.0. The summed E-state index contributed by atoms with van der Waals surface area (Å²) in [7, 11) is 1.72. The quantitative estimate of drug-likeness (QED) is 0.675. The highest BCUT2D eigenvalue weighted by molar-refractivity contribution is 4.62. The van der Waals surface area contributed by atoms with Crippen LogP contribution in [0.4, 0.5) is 8.78 Å². The molecule has 0 rings (SSSR count). The van der Waals surface area contributed by atoms with Crippen LogP contribution < -0.4 is 5.32 Å². The molecule has 0 saturated carbocycles. The molecule has 0 aromatic heterocycles. The number of alkyl halides is 2. The Hall–Kier alpha value is -0.220. The van der Waals surface area contributed by atoms with Crippen LogP contribution >= 0.6 is 0 Å². The van der Waals surface area contributed by atoms with E-state index in [9.17, 15) is 8.78 Å². The maximum absolute atomic E-state index is 11.8. The zero-order chi connectivity index (χ0) is 9.56. The lowest BCUT2D eigenvalue weighted by molar-refractivity contribution is -0.164. The lowest BCUT2D eigenvalue weighted by atomic mass is 10.1. The second-order valence-electron chi connectivity index (χ2n) is 3.21. The molecule has 1 unspecified atom stereocenters. The molecule has 0 aromatic carbocycles. The maximum atomic E-state index is 11.8. The summed E-state index contributed by atoms with van der Waals surface area (Å²) in [4.78, 5) is 0. The number of likely N-dealkylation sites (N-methyl/N-ethyl adjacent to an activating group) is 1. The average molecular weight is 181 g/mol. The molecule has 1 atom stereocenters. The van der Waals surface area contributed by atoms with Gasteiger partial charge in [0.15, 0.2) is 0 Å². The minimum absolute atomic E-state index is 0.377. The summed E-state index contributed by atoms with van der Waals surface area (Å²) in [6.45, 7) is 1.78. The first kappa shape index (κ1) is 11.8. The van der Waals surface area contributed by atoms with Crippen LogP contribution in [0.5, 0.6) is 0 Å². The van der Waals surface area contributed by atoms with Gasteiger partial charge in [0.05, 0.1) is 6.10 Å². The van der Waals surface area contributed by atoms with Gasteiger partial charge in [-0.25, -0.2) is 0 Å². The van der Waals surface area contributed by atoms with Crippen molar-refractivity contribution < 1.29 is 13.5 Å². The Balaban J connectivity index is 3.69. The maximum Gasteiger partial charge on any atom is 0.345 e. The van der Waals surface area contributed by atoms with Crippen molar-refractivity contribution in [1.29, 1.82) is 0 Å². The van der Waals surface area contributed by atoms with Gasteiger partial charge in [-0.1, -0.05) is 13.8 Å². The minimum atomic E-state index is -2.66. The van der Waals surface area contributed by atoms with Crippen molar-refractivity contribution in [2.75, 3.05) is 13.6 Å². The monoisotopic (exact) mass is 181 g/mol. The smallest absolute Gasteiger partial charge is 0.318 e. The molecular weight excluding hydrogens is 164 g/mol. The van der Waals surface area contributed by atoms with Crippen molar-refractivity contribution in [3.8, 4) is 0 Å². The molecule has 0 bridgehead atoms. The highest BCUT2D eigenvalue weighted by atomic mass is 19.3. The van der Waals surface area contributed by atoms with Gasteiger partial charge in [0.1, 0.15) is 0 Å². The molecule has 0 radical (unpaired) electrons. The van der Waals surface area contributed by atoms with Gasteiger partial charge in [-0.2, -0.15) is 8.78 Å². The van der Waals surface area contributed by atoms with Gasteiger partial charge >= 0.3 is 6.61 Å². The van der Waals surface area contributed by atoms with E-state index in [1.54, 1.807) is 7.05 Å². The Morgan fingerprint density at radius 1 is 1.33 bits per heavy atom. The molecule has 4 heteroatoms. The van der Waals surface area contributed by atoms with Crippen molar-refractivity contribution in [2.24, 2.45) is 5.92 Å². The molecule has 0 saturated heterocycles. The van der Waals surface area contributed by atoms with Crippen LogP contribution in [0, 0.1) is 5.92 Å². The molecule has 0 aromatic rings. The zero-order valence-corrected chi connectivity index (χ0v) is 7.81. The normalized spacial score (nSPS) is 14.2. The fraction of sp³-hybridized carbons (Fsp3) is 1.00. The van der Waals surface area contributed by atoms with E-state index in [0.717, 1.165) is 0 Å². The van der Waals surface area contributed by atoms with Gasteiger partial charge in [-0.15, -0.1) is 0 Å². The SMILES string of the molecule is CNCC(CC(C)C)OC(F)F. The molecule has 0 aliphatic rings. The van der Waals surface area contributed by atoms with Crippen molar-refractivity contribution in [3.63, 3.8) is 0 Å². The molecule has 0 aliphatic carbocycles. The second kappa shape index (κ2) is 6.31. The van der Waals surface area contributed by atoms with Crippen molar-refractivity contribution in [2.45, 2.75) is 33.0 Å². The largest absolute Gasteiger partial charge is 0.345 e. The number of hydrogen-bond donors (Lipinski definition) is 1. The average Bonchev–Trinajstić information content (AvgIpc) is 1.84. The van der Waals surface area contributed by atoms with E-state index in [1.165, 1.54) is 0 Å². The summed E-state index contributed by atoms with van der Waals surface area (Å²) in [6, 6.07) is 0. The second-order valence-corrected chi connectivity index (χ2v) is 3.21. The van der Waals surface area contributed by atoms with Crippen LogP contribution in [0.1, 0.15) is 20.3 Å². The van der Waals surface area contributed by atoms with E-state index in [-0.39, 0.29) is 6.10 Å². The molecule has 2 nitrogen and oxygen atoms in total. The van der Waals surface area contributed by atoms with E-state index in [1.807, 2.05) is 13.8 Å². The van der Waals surface area contributed by atoms with Crippen LogP contribution in [-0.2, 0) is 4.74 Å². The van der Waals surface area contributed by atoms with Crippen molar-refractivity contribution in [1.82, 2.24) is 5.32 Å². The van der Waals surface area contributed by atoms with Crippen LogP contribution in [0.2, 0.25) is 0 Å². The topological polar surface area (TPSA) is 21.3 Å². The lowest BCUT2D eigenvalue weighted by Gasteiger charge is -2.18. The van der Waals surface area contributed by atoms with Crippen LogP contribution in [0.25, 0.3) is 0 Å². The molecule has 1 N–H and O–H groups in total. The predicted molar refractivity (Wildman–Crippen MR) is 44.3 cm³/mol. The third kappa shape index (κ3) is 6.49. The Morgan fingerprint density at radius 2 is 1.92 bits per heavy atom. The van der Waals surface area contributed by atoms with E-state index in [2.05, 4.69) is 10.1 Å². The van der Waals surface area contributed by atoms with E-state index in [0.29, 0.717) is 18.9 Å². The summed E-state index contributed by atoms with van der Waals surface area (Å²) in [5.74, 6) is 0.377. The van der Waals surface area contributed by atoms with E-state index in [4.69, 9.17) is 0 Å². The molecular formula is C8H17F2NO. The highest BCUT2D eigenvalue weighted by Gasteiger charge is 2.15. The van der Waals surface area contributed by atoms with Gasteiger partial charge in [0.2, 0.25) is 0 Å². The molecule has 12 heavy (non-hydrogen) atoms. The number of hydrogen-bond acceptors (Lipinski definition) is 2. The fourth-order valence-electron chi connectivity index (χ4n) is 1.09. The molecule has 74 valence electrons. The molecule has 0 spiro atoms. The molecule has 0 heterocycles. The number of rotatable bonds is 6. The van der Waals surface area contributed by atoms with Crippen LogP contribution in [0.15, 0.2) is 0 Å².